The van der Waals surface area contributed by atoms with Crippen molar-refractivity contribution in [3.63, 3.8) is 0 Å². The number of aliphatic hydroxyl groups excluding tert-OH is 1. The molecule has 0 aliphatic rings. The van der Waals surface area contributed by atoms with Crippen molar-refractivity contribution in [2.75, 3.05) is 0 Å². The molecule has 0 atom stereocenters. The smallest absolute Gasteiger partial charge is 0.163 e. The fourth-order valence-electron chi connectivity index (χ4n) is 4.27. The number of nitrogens with zero attached hydrogens (tertiary/aromatic N) is 4. The maximum absolute atomic E-state index is 13.4. The molecule has 0 amide bonds. The highest BCUT2D eigenvalue weighted by Crippen LogP contribution is 2.33. The molecular weight excluding hydrogens is 534 g/mol. The molecule has 0 saturated carbocycles. The van der Waals surface area contributed by atoms with Crippen LogP contribution in [0.2, 0.25) is 5.02 Å². The Morgan fingerprint density at radius 1 is 0.775 bits per heavy atom. The number of aliphatic hydroxyl groups is 1. The fraction of sp³-hybridized carbons (Fsp3) is 0.0645. The highest BCUT2D eigenvalue weighted by molar-refractivity contribution is 6.38. The molecule has 0 radical (unpaired) electrons. The van der Waals surface area contributed by atoms with E-state index in [1.54, 1.807) is 60.9 Å². The van der Waals surface area contributed by atoms with E-state index >= 15 is 0 Å². The minimum atomic E-state index is -0.397. The third-order valence-corrected chi connectivity index (χ3v) is 6.43. The Morgan fingerprint density at radius 3 is 2.00 bits per heavy atom. The Bertz CT molecular complexity index is 1880. The largest absolute Gasteiger partial charge is 0.392 e. The molecule has 0 saturated heterocycles. The summed E-state index contributed by atoms with van der Waals surface area (Å²) in [6.07, 6.45) is 3.26. The van der Waals surface area contributed by atoms with Gasteiger partial charge in [-0.1, -0.05) is 35.9 Å². The van der Waals surface area contributed by atoms with Crippen LogP contribution >= 0.6 is 11.6 Å². The van der Waals surface area contributed by atoms with Crippen molar-refractivity contribution in [1.82, 2.24) is 19.9 Å². The van der Waals surface area contributed by atoms with E-state index < -0.39 is 5.82 Å². The number of fused-ring (bicyclic) bond motifs is 2. The van der Waals surface area contributed by atoms with Gasteiger partial charge in [-0.2, -0.15) is 0 Å². The van der Waals surface area contributed by atoms with Gasteiger partial charge in [-0.05, 0) is 61.5 Å². The van der Waals surface area contributed by atoms with Crippen LogP contribution < -0.4 is 0 Å². The third-order valence-electron chi connectivity index (χ3n) is 6.06. The minimum Gasteiger partial charge on any atom is -0.392 e. The molecule has 0 bridgehead atoms. The molecule has 2 aromatic carbocycles. The summed E-state index contributed by atoms with van der Waals surface area (Å²) in [4.78, 5) is 29.2. The van der Waals surface area contributed by atoms with E-state index in [-0.39, 0.29) is 28.8 Å². The average molecular weight is 555 g/mol. The van der Waals surface area contributed by atoms with Crippen LogP contribution in [0.1, 0.15) is 22.8 Å². The number of ketones is 1. The van der Waals surface area contributed by atoms with Crippen molar-refractivity contribution in [2.24, 2.45) is 0 Å². The summed E-state index contributed by atoms with van der Waals surface area (Å²) in [5.74, 6) is -0.958. The topological polar surface area (TPSA) is 88.9 Å². The number of hydrogen-bond acceptors (Lipinski definition) is 6. The van der Waals surface area contributed by atoms with Gasteiger partial charge in [-0.15, -0.1) is 0 Å². The van der Waals surface area contributed by atoms with Crippen molar-refractivity contribution < 1.29 is 18.7 Å². The maximum Gasteiger partial charge on any atom is 0.163 e. The van der Waals surface area contributed by atoms with Crippen molar-refractivity contribution in [1.29, 1.82) is 0 Å². The predicted octanol–water partition coefficient (Wildman–Crippen LogP) is 7.22. The summed E-state index contributed by atoms with van der Waals surface area (Å²) in [5.41, 5.74) is 5.46. The molecular formula is C31H21ClF2N4O2. The molecule has 0 aliphatic carbocycles. The Balaban J connectivity index is 0.000000162. The lowest BCUT2D eigenvalue weighted by atomic mass is 10.0. The van der Waals surface area contributed by atoms with E-state index in [1.165, 1.54) is 31.2 Å². The van der Waals surface area contributed by atoms with E-state index in [4.69, 9.17) is 11.6 Å². The first kappa shape index (κ1) is 26.9. The van der Waals surface area contributed by atoms with Crippen LogP contribution in [0.15, 0.2) is 91.3 Å². The zero-order chi connectivity index (χ0) is 28.2. The molecule has 0 unspecified atom stereocenters. The minimum absolute atomic E-state index is 0.161. The van der Waals surface area contributed by atoms with Crippen LogP contribution in [0.3, 0.4) is 0 Å². The summed E-state index contributed by atoms with van der Waals surface area (Å²) >= 11 is 6.31. The van der Waals surface area contributed by atoms with Gasteiger partial charge in [0.1, 0.15) is 17.2 Å². The summed E-state index contributed by atoms with van der Waals surface area (Å²) < 4.78 is 26.7. The highest BCUT2D eigenvalue weighted by atomic mass is 35.5. The van der Waals surface area contributed by atoms with E-state index in [1.807, 2.05) is 6.07 Å². The van der Waals surface area contributed by atoms with Gasteiger partial charge in [0.25, 0.3) is 0 Å². The second-order valence-corrected chi connectivity index (χ2v) is 9.17. The van der Waals surface area contributed by atoms with Crippen LogP contribution in [-0.4, -0.2) is 30.8 Å². The molecule has 1 N–H and O–H groups in total. The normalized spacial score (nSPS) is 10.8. The average Bonchev–Trinajstić information content (AvgIpc) is 2.96. The van der Waals surface area contributed by atoms with Gasteiger partial charge < -0.3 is 5.11 Å². The number of benzene rings is 2. The molecule has 0 spiro atoms. The van der Waals surface area contributed by atoms with Gasteiger partial charge in [0, 0.05) is 29.1 Å². The lowest BCUT2D eigenvalue weighted by Gasteiger charge is -2.11. The standard InChI is InChI=1S/C16H10ClFN2O.C15H11FN2O/c1-9(21)13-14(17)16-12(6-3-7-19-16)20-15(13)10-4-2-5-11(18)8-10;16-12-4-1-3-10(7-12)15-11(9-19)8-14-13(18-15)5-2-6-17-14/h2-8H,1H3;1-8,19H,9H2. The maximum atomic E-state index is 13.4. The Morgan fingerprint density at radius 2 is 1.38 bits per heavy atom. The zero-order valence-electron chi connectivity index (χ0n) is 21.1. The van der Waals surface area contributed by atoms with Gasteiger partial charge in [0.05, 0.1) is 45.1 Å². The summed E-state index contributed by atoms with van der Waals surface area (Å²) in [5, 5.41) is 9.69. The van der Waals surface area contributed by atoms with Crippen LogP contribution in [0.4, 0.5) is 8.78 Å². The Kier molecular flexibility index (Phi) is 7.82. The first-order valence-corrected chi connectivity index (χ1v) is 12.6. The highest BCUT2D eigenvalue weighted by Gasteiger charge is 2.19. The Hall–Kier alpha value is -4.66. The number of pyridine rings is 4. The van der Waals surface area contributed by atoms with E-state index in [9.17, 15) is 18.7 Å². The molecule has 4 heterocycles. The molecule has 6 aromatic rings. The molecule has 40 heavy (non-hydrogen) atoms. The van der Waals surface area contributed by atoms with Crippen molar-refractivity contribution >= 4 is 39.5 Å². The van der Waals surface area contributed by atoms with Crippen molar-refractivity contribution in [2.45, 2.75) is 13.5 Å². The monoisotopic (exact) mass is 554 g/mol. The van der Waals surface area contributed by atoms with Crippen molar-refractivity contribution in [3.8, 4) is 22.5 Å². The number of hydrogen-bond donors (Lipinski definition) is 1. The van der Waals surface area contributed by atoms with E-state index in [2.05, 4.69) is 19.9 Å². The third kappa shape index (κ3) is 5.54. The number of Topliss-reactive ketones (excluding diaryl/α,β-unsaturated/α-hetero) is 1. The molecule has 6 nitrogen and oxygen atoms in total. The lowest BCUT2D eigenvalue weighted by Crippen LogP contribution is -2.02. The van der Waals surface area contributed by atoms with Gasteiger partial charge in [0.2, 0.25) is 0 Å². The number of carbonyl (C=O) groups is 1. The molecule has 9 heteroatoms. The van der Waals surface area contributed by atoms with E-state index in [0.717, 1.165) is 5.52 Å². The van der Waals surface area contributed by atoms with Crippen molar-refractivity contribution in [3.05, 3.63) is 119 Å². The van der Waals surface area contributed by atoms with Crippen LogP contribution in [-0.2, 0) is 6.61 Å². The summed E-state index contributed by atoms with van der Waals surface area (Å²) in [6.45, 7) is 1.24. The quantitative estimate of drug-likeness (QED) is 0.231. The SMILES string of the molecule is CC(=O)c1c(-c2cccc(F)c2)nc2cccnc2c1Cl.OCc1cc2ncccc2nc1-c1cccc(F)c1. The number of rotatable bonds is 4. The van der Waals surface area contributed by atoms with Gasteiger partial charge in [0.15, 0.2) is 5.78 Å². The second-order valence-electron chi connectivity index (χ2n) is 8.79. The Labute approximate surface area is 233 Å². The first-order valence-electron chi connectivity index (χ1n) is 12.2. The summed E-state index contributed by atoms with van der Waals surface area (Å²) in [6, 6.07) is 21.0. The molecule has 0 aliphatic heterocycles. The lowest BCUT2D eigenvalue weighted by molar-refractivity contribution is 0.101. The van der Waals surface area contributed by atoms with E-state index in [0.29, 0.717) is 44.6 Å². The predicted molar refractivity (Wildman–Crippen MR) is 151 cm³/mol. The zero-order valence-corrected chi connectivity index (χ0v) is 21.9. The van der Waals surface area contributed by atoms with Gasteiger partial charge in [-0.3, -0.25) is 14.8 Å². The first-order chi connectivity index (χ1) is 19.4. The molecule has 198 valence electrons. The second kappa shape index (κ2) is 11.6. The summed E-state index contributed by atoms with van der Waals surface area (Å²) in [7, 11) is 0. The molecule has 0 fully saturated rings. The fourth-order valence-corrected chi connectivity index (χ4v) is 4.64. The number of carbonyl (C=O) groups excluding carboxylic acids is 1. The van der Waals surface area contributed by atoms with Crippen LogP contribution in [0.25, 0.3) is 44.6 Å². The number of aromatic nitrogens is 4. The number of halogens is 3. The molecule has 4 aromatic heterocycles. The van der Waals surface area contributed by atoms with Crippen LogP contribution in [0, 0.1) is 11.6 Å². The van der Waals surface area contributed by atoms with Gasteiger partial charge >= 0.3 is 0 Å². The van der Waals surface area contributed by atoms with Crippen LogP contribution in [0.5, 0.6) is 0 Å². The van der Waals surface area contributed by atoms with Gasteiger partial charge in [-0.25, -0.2) is 18.7 Å². The molecule has 6 rings (SSSR count).